The van der Waals surface area contributed by atoms with Gasteiger partial charge in [-0.3, -0.25) is 0 Å². The molecule has 0 spiro atoms. The fourth-order valence-electron chi connectivity index (χ4n) is 1.89. The van der Waals surface area contributed by atoms with Crippen LogP contribution in [0.2, 0.25) is 0 Å². The highest BCUT2D eigenvalue weighted by Gasteiger charge is 2.17. The molecule has 0 radical (unpaired) electrons. The van der Waals surface area contributed by atoms with Crippen LogP contribution in [0.3, 0.4) is 0 Å². The summed E-state index contributed by atoms with van der Waals surface area (Å²) in [6.45, 7) is 3.03. The van der Waals surface area contributed by atoms with E-state index in [1.54, 1.807) is 7.11 Å². The second-order valence-electron chi connectivity index (χ2n) is 4.38. The van der Waals surface area contributed by atoms with Gasteiger partial charge in [0, 0.05) is 19.9 Å². The quantitative estimate of drug-likeness (QED) is 0.774. The summed E-state index contributed by atoms with van der Waals surface area (Å²) < 4.78 is 6.58. The number of hydrogen-bond donors (Lipinski definition) is 1. The molecule has 0 saturated carbocycles. The van der Waals surface area contributed by atoms with Crippen molar-refractivity contribution in [3.63, 3.8) is 0 Å². The Morgan fingerprint density at radius 3 is 2.70 bits per heavy atom. The monoisotopic (exact) mass is 383 g/mol. The normalized spacial score (nSPS) is 12.2. The second kappa shape index (κ2) is 7.54. The topological polar surface area (TPSA) is 47.0 Å². The largest absolute Gasteiger partial charge is 0.369 e. The van der Waals surface area contributed by atoms with E-state index in [1.807, 2.05) is 36.5 Å². The molecule has 2 aromatic rings. The molecule has 0 aliphatic heterocycles. The third-order valence-corrected chi connectivity index (χ3v) is 3.67. The number of anilines is 1. The van der Waals surface area contributed by atoms with Crippen LogP contribution < -0.4 is 5.32 Å². The zero-order valence-corrected chi connectivity index (χ0v) is 13.8. The molecule has 5 heteroatoms. The van der Waals surface area contributed by atoms with Gasteiger partial charge >= 0.3 is 0 Å². The minimum atomic E-state index is -0.240. The zero-order chi connectivity index (χ0) is 14.4. The first-order chi connectivity index (χ1) is 9.76. The van der Waals surface area contributed by atoms with Crippen molar-refractivity contribution in [3.05, 3.63) is 51.5 Å². The number of aromatic nitrogens is 2. The van der Waals surface area contributed by atoms with Gasteiger partial charge < -0.3 is 10.1 Å². The van der Waals surface area contributed by atoms with Crippen LogP contribution in [0.5, 0.6) is 0 Å². The van der Waals surface area contributed by atoms with Gasteiger partial charge in [-0.1, -0.05) is 37.3 Å². The fourth-order valence-corrected chi connectivity index (χ4v) is 2.34. The first kappa shape index (κ1) is 15.2. The lowest BCUT2D eigenvalue weighted by Crippen LogP contribution is -2.12. The number of methoxy groups -OCH3 is 1. The Balaban J connectivity index is 2.30. The van der Waals surface area contributed by atoms with Crippen molar-refractivity contribution >= 4 is 28.4 Å². The molecule has 0 bridgehead atoms. The Morgan fingerprint density at radius 1 is 1.30 bits per heavy atom. The molecular weight excluding hydrogens is 365 g/mol. The molecule has 0 aliphatic carbocycles. The smallest absolute Gasteiger partial charge is 0.164 e. The standard InChI is InChI=1S/C15H18IN3O/c1-3-9-17-14-12(16)10-18-15(19-14)13(20-2)11-7-5-4-6-8-11/h4-8,10,13H,3,9H2,1-2H3,(H,17,18,19). The van der Waals surface area contributed by atoms with Gasteiger partial charge in [0.25, 0.3) is 0 Å². The molecule has 0 fully saturated rings. The number of nitrogens with one attached hydrogen (secondary N) is 1. The van der Waals surface area contributed by atoms with Gasteiger partial charge in [-0.2, -0.15) is 0 Å². The summed E-state index contributed by atoms with van der Waals surface area (Å²) >= 11 is 2.24. The third kappa shape index (κ3) is 3.67. The summed E-state index contributed by atoms with van der Waals surface area (Å²) in [6.07, 6.45) is 2.65. The Bertz CT molecular complexity index is 548. The number of ether oxygens (including phenoxy) is 1. The minimum Gasteiger partial charge on any atom is -0.369 e. The van der Waals surface area contributed by atoms with E-state index < -0.39 is 0 Å². The predicted octanol–water partition coefficient (Wildman–Crippen LogP) is 3.64. The van der Waals surface area contributed by atoms with Gasteiger partial charge in [-0.15, -0.1) is 0 Å². The molecule has 0 aliphatic rings. The highest BCUT2D eigenvalue weighted by Crippen LogP contribution is 2.24. The van der Waals surface area contributed by atoms with E-state index in [0.29, 0.717) is 5.82 Å². The molecule has 2 rings (SSSR count). The number of nitrogens with zero attached hydrogens (tertiary/aromatic N) is 2. The van der Waals surface area contributed by atoms with Gasteiger partial charge in [0.05, 0.1) is 3.57 Å². The molecule has 1 atom stereocenters. The summed E-state index contributed by atoms with van der Waals surface area (Å²) in [5.74, 6) is 1.55. The van der Waals surface area contributed by atoms with Crippen LogP contribution in [-0.2, 0) is 4.74 Å². The molecule has 106 valence electrons. The number of benzene rings is 1. The van der Waals surface area contributed by atoms with Crippen LogP contribution in [0.1, 0.15) is 30.8 Å². The highest BCUT2D eigenvalue weighted by atomic mass is 127. The minimum absolute atomic E-state index is 0.240. The van der Waals surface area contributed by atoms with Gasteiger partial charge in [0.2, 0.25) is 0 Å². The van der Waals surface area contributed by atoms with E-state index in [1.165, 1.54) is 0 Å². The van der Waals surface area contributed by atoms with Gasteiger partial charge in [-0.25, -0.2) is 9.97 Å². The predicted molar refractivity (Wildman–Crippen MR) is 88.8 cm³/mol. The molecular formula is C15H18IN3O. The Hall–Kier alpha value is -1.21. The van der Waals surface area contributed by atoms with Crippen molar-refractivity contribution < 1.29 is 4.74 Å². The lowest BCUT2D eigenvalue weighted by Gasteiger charge is -2.16. The average Bonchev–Trinajstić information content (AvgIpc) is 2.49. The van der Waals surface area contributed by atoms with Gasteiger partial charge in [0.1, 0.15) is 11.9 Å². The number of rotatable bonds is 6. The van der Waals surface area contributed by atoms with Crippen LogP contribution in [-0.4, -0.2) is 23.6 Å². The van der Waals surface area contributed by atoms with Crippen molar-refractivity contribution in [3.8, 4) is 0 Å². The molecule has 0 saturated heterocycles. The number of halogens is 1. The van der Waals surface area contributed by atoms with Crippen LogP contribution >= 0.6 is 22.6 Å². The highest BCUT2D eigenvalue weighted by molar-refractivity contribution is 14.1. The van der Waals surface area contributed by atoms with E-state index in [2.05, 4.69) is 44.8 Å². The van der Waals surface area contributed by atoms with Crippen LogP contribution in [0, 0.1) is 3.57 Å². The summed E-state index contributed by atoms with van der Waals surface area (Å²) in [7, 11) is 1.68. The maximum absolute atomic E-state index is 5.57. The van der Waals surface area contributed by atoms with Crippen LogP contribution in [0.4, 0.5) is 5.82 Å². The van der Waals surface area contributed by atoms with E-state index >= 15 is 0 Å². The molecule has 1 aromatic carbocycles. The molecule has 1 heterocycles. The zero-order valence-electron chi connectivity index (χ0n) is 11.6. The van der Waals surface area contributed by atoms with E-state index in [9.17, 15) is 0 Å². The molecule has 0 amide bonds. The lowest BCUT2D eigenvalue weighted by atomic mass is 10.1. The maximum atomic E-state index is 5.57. The van der Waals surface area contributed by atoms with Crippen molar-refractivity contribution in [2.45, 2.75) is 19.4 Å². The summed E-state index contributed by atoms with van der Waals surface area (Å²) in [5.41, 5.74) is 1.05. The molecule has 4 nitrogen and oxygen atoms in total. The first-order valence-electron chi connectivity index (χ1n) is 6.60. The van der Waals surface area contributed by atoms with Gasteiger partial charge in [0.15, 0.2) is 5.82 Å². The van der Waals surface area contributed by atoms with E-state index in [4.69, 9.17) is 4.74 Å². The summed E-state index contributed by atoms with van der Waals surface area (Å²) in [4.78, 5) is 9.01. The van der Waals surface area contributed by atoms with Crippen molar-refractivity contribution in [2.75, 3.05) is 19.0 Å². The summed E-state index contributed by atoms with van der Waals surface area (Å²) in [6, 6.07) is 10.0. The number of hydrogen-bond acceptors (Lipinski definition) is 4. The Morgan fingerprint density at radius 2 is 2.05 bits per heavy atom. The first-order valence-corrected chi connectivity index (χ1v) is 7.68. The van der Waals surface area contributed by atoms with Crippen molar-refractivity contribution in [2.24, 2.45) is 0 Å². The van der Waals surface area contributed by atoms with Crippen LogP contribution in [0.15, 0.2) is 36.5 Å². The third-order valence-electron chi connectivity index (χ3n) is 2.88. The molecule has 1 unspecified atom stereocenters. The van der Waals surface area contributed by atoms with Crippen molar-refractivity contribution in [1.29, 1.82) is 0 Å². The SMILES string of the molecule is CCCNc1nc(C(OC)c2ccccc2)ncc1I. The molecule has 1 aromatic heterocycles. The van der Waals surface area contributed by atoms with E-state index in [0.717, 1.165) is 27.9 Å². The molecule has 20 heavy (non-hydrogen) atoms. The summed E-state index contributed by atoms with van der Waals surface area (Å²) in [5, 5.41) is 3.32. The molecule has 1 N–H and O–H groups in total. The van der Waals surface area contributed by atoms with Gasteiger partial charge in [-0.05, 0) is 34.6 Å². The maximum Gasteiger partial charge on any atom is 0.164 e. The average molecular weight is 383 g/mol. The lowest BCUT2D eigenvalue weighted by molar-refractivity contribution is 0.129. The fraction of sp³-hybridized carbons (Fsp3) is 0.333. The Kier molecular flexibility index (Phi) is 5.72. The van der Waals surface area contributed by atoms with Crippen molar-refractivity contribution in [1.82, 2.24) is 9.97 Å². The van der Waals surface area contributed by atoms with Crippen LogP contribution in [0.25, 0.3) is 0 Å². The van der Waals surface area contributed by atoms with E-state index in [-0.39, 0.29) is 6.10 Å². The Labute approximate surface area is 133 Å². The second-order valence-corrected chi connectivity index (χ2v) is 5.54.